The van der Waals surface area contributed by atoms with Gasteiger partial charge in [0.2, 0.25) is 0 Å². The molecule has 0 saturated carbocycles. The Morgan fingerprint density at radius 1 is 0.826 bits per heavy atom. The average molecular weight is 394 g/mol. The quantitative estimate of drug-likeness (QED) is 0.159. The van der Waals surface area contributed by atoms with Crippen LogP contribution >= 0.6 is 33.2 Å². The van der Waals surface area contributed by atoms with E-state index in [1.54, 1.807) is 0 Å². The van der Waals surface area contributed by atoms with Crippen molar-refractivity contribution in [1.82, 2.24) is 0 Å². The van der Waals surface area contributed by atoms with Gasteiger partial charge >= 0.3 is 6.00 Å². The Labute approximate surface area is 157 Å². The van der Waals surface area contributed by atoms with Gasteiger partial charge < -0.3 is 0 Å². The molecule has 0 saturated heterocycles. The van der Waals surface area contributed by atoms with Gasteiger partial charge in [-0.1, -0.05) is 38.0 Å². The third kappa shape index (κ3) is 19.8. The predicted molar refractivity (Wildman–Crippen MR) is 105 cm³/mol. The summed E-state index contributed by atoms with van der Waals surface area (Å²) < 4.78 is 0. The summed E-state index contributed by atoms with van der Waals surface area (Å²) in [4.78, 5) is 11.7. The van der Waals surface area contributed by atoms with E-state index < -0.39 is 6.00 Å². The van der Waals surface area contributed by atoms with Crippen molar-refractivity contribution in [1.29, 1.82) is 0 Å². The Balaban J connectivity index is 3.43. The van der Waals surface area contributed by atoms with Crippen LogP contribution in [-0.2, 0) is 4.79 Å². The Bertz CT molecular complexity index is 435. The minimum Gasteiger partial charge on any atom is -0.300 e. The lowest BCUT2D eigenvalue weighted by Gasteiger charge is -2.06. The monoisotopic (exact) mass is 392 g/mol. The molecule has 0 radical (unpaired) electrons. The Morgan fingerprint density at radius 3 is 2.00 bits per heavy atom. The lowest BCUT2D eigenvalue weighted by atomic mass is 10.1. The maximum absolute atomic E-state index is 11.7. The fourth-order valence-electron chi connectivity index (χ4n) is 1.98. The molecule has 0 aromatic rings. The van der Waals surface area contributed by atoms with Crippen LogP contribution in [-0.4, -0.2) is 11.8 Å². The number of halogens is 3. The van der Waals surface area contributed by atoms with Crippen molar-refractivity contribution in [2.75, 3.05) is 0 Å². The first-order valence-electron chi connectivity index (χ1n) is 8.50. The minimum absolute atomic E-state index is 0.287. The SMILES string of the molecule is CCCCC#CC#CCCCCCCC(=O)CCC[Si](Cl)(Cl)Cl. The van der Waals surface area contributed by atoms with Crippen molar-refractivity contribution in [2.45, 2.75) is 83.6 Å². The number of hydrogen-bond acceptors (Lipinski definition) is 1. The third-order valence-corrected chi connectivity index (χ3v) is 5.94. The summed E-state index contributed by atoms with van der Waals surface area (Å²) in [6.07, 6.45) is 10.3. The van der Waals surface area contributed by atoms with E-state index in [4.69, 9.17) is 33.2 Å². The number of hydrogen-bond donors (Lipinski definition) is 0. The van der Waals surface area contributed by atoms with E-state index in [0.717, 1.165) is 44.9 Å². The molecule has 0 aliphatic carbocycles. The van der Waals surface area contributed by atoms with Crippen molar-refractivity contribution in [3.63, 3.8) is 0 Å². The van der Waals surface area contributed by atoms with Gasteiger partial charge in [-0.05, 0) is 43.6 Å². The lowest BCUT2D eigenvalue weighted by Crippen LogP contribution is -2.09. The van der Waals surface area contributed by atoms with Gasteiger partial charge in [0.15, 0.2) is 0 Å². The van der Waals surface area contributed by atoms with Crippen LogP contribution in [0.1, 0.15) is 77.6 Å². The highest BCUT2D eigenvalue weighted by atomic mass is 35.8. The van der Waals surface area contributed by atoms with Gasteiger partial charge in [-0.15, -0.1) is 33.2 Å². The molecule has 0 amide bonds. The normalized spacial score (nSPS) is 10.4. The van der Waals surface area contributed by atoms with Crippen LogP contribution < -0.4 is 0 Å². The molecule has 0 unspecified atom stereocenters. The van der Waals surface area contributed by atoms with Crippen molar-refractivity contribution in [3.8, 4) is 23.7 Å². The Morgan fingerprint density at radius 2 is 1.39 bits per heavy atom. The Hall–Kier alpha value is -0.123. The van der Waals surface area contributed by atoms with Crippen LogP contribution in [0.2, 0.25) is 6.04 Å². The van der Waals surface area contributed by atoms with E-state index in [2.05, 4.69) is 30.6 Å². The van der Waals surface area contributed by atoms with Gasteiger partial charge in [0.05, 0.1) is 0 Å². The molecular formula is C18H27Cl3OSi. The van der Waals surface area contributed by atoms with Gasteiger partial charge in [-0.3, -0.25) is 4.79 Å². The summed E-state index contributed by atoms with van der Waals surface area (Å²) >= 11 is 17.4. The Kier molecular flexibility index (Phi) is 15.3. The summed E-state index contributed by atoms with van der Waals surface area (Å²) in [5.74, 6) is 12.2. The highest BCUT2D eigenvalue weighted by molar-refractivity contribution is 7.64. The van der Waals surface area contributed by atoms with Crippen LogP contribution in [0.15, 0.2) is 0 Å². The molecule has 0 fully saturated rings. The van der Waals surface area contributed by atoms with Crippen LogP contribution in [0, 0.1) is 23.7 Å². The second-order valence-electron chi connectivity index (χ2n) is 5.63. The molecule has 0 aliphatic heterocycles. The van der Waals surface area contributed by atoms with Gasteiger partial charge in [-0.25, -0.2) is 0 Å². The van der Waals surface area contributed by atoms with Crippen LogP contribution in [0.25, 0.3) is 0 Å². The molecule has 1 nitrogen and oxygen atoms in total. The molecule has 130 valence electrons. The molecule has 0 aromatic carbocycles. The zero-order chi connectivity index (χ0) is 17.4. The maximum Gasteiger partial charge on any atom is 0.341 e. The van der Waals surface area contributed by atoms with Crippen molar-refractivity contribution < 1.29 is 4.79 Å². The summed E-state index contributed by atoms with van der Waals surface area (Å²) in [6.45, 7) is 2.16. The molecule has 5 heteroatoms. The molecule has 0 bridgehead atoms. The summed E-state index contributed by atoms with van der Waals surface area (Å²) in [5, 5.41) is 0. The molecule has 0 spiro atoms. The number of rotatable bonds is 12. The zero-order valence-corrected chi connectivity index (χ0v) is 17.3. The minimum atomic E-state index is -2.55. The first-order chi connectivity index (χ1) is 11.0. The molecule has 0 aromatic heterocycles. The molecule has 0 atom stereocenters. The predicted octanol–water partition coefficient (Wildman–Crippen LogP) is 6.53. The summed E-state index contributed by atoms with van der Waals surface area (Å²) in [7, 11) is 0. The lowest BCUT2D eigenvalue weighted by molar-refractivity contribution is -0.119. The second-order valence-corrected chi connectivity index (χ2v) is 14.9. The molecule has 0 rings (SSSR count). The highest BCUT2D eigenvalue weighted by Gasteiger charge is 2.24. The largest absolute Gasteiger partial charge is 0.341 e. The van der Waals surface area contributed by atoms with Crippen molar-refractivity contribution in [2.24, 2.45) is 0 Å². The van der Waals surface area contributed by atoms with Gasteiger partial charge in [-0.2, -0.15) is 0 Å². The smallest absolute Gasteiger partial charge is 0.300 e. The topological polar surface area (TPSA) is 17.1 Å². The van der Waals surface area contributed by atoms with Crippen molar-refractivity contribution >= 4 is 45.0 Å². The number of ketones is 1. The third-order valence-electron chi connectivity index (χ3n) is 3.32. The van der Waals surface area contributed by atoms with Crippen LogP contribution in [0.4, 0.5) is 0 Å². The van der Waals surface area contributed by atoms with Crippen molar-refractivity contribution in [3.05, 3.63) is 0 Å². The fourth-order valence-corrected chi connectivity index (χ4v) is 3.76. The van der Waals surface area contributed by atoms with E-state index in [1.807, 2.05) is 0 Å². The first-order valence-corrected chi connectivity index (χ1v) is 13.7. The highest BCUT2D eigenvalue weighted by Crippen LogP contribution is 2.27. The van der Waals surface area contributed by atoms with Gasteiger partial charge in [0.25, 0.3) is 0 Å². The summed E-state index contributed by atoms with van der Waals surface area (Å²) in [6, 6.07) is -1.98. The number of carbonyl (C=O) groups excluding carboxylic acids is 1. The van der Waals surface area contributed by atoms with E-state index >= 15 is 0 Å². The maximum atomic E-state index is 11.7. The average Bonchev–Trinajstić information content (AvgIpc) is 2.47. The van der Waals surface area contributed by atoms with E-state index in [9.17, 15) is 4.79 Å². The second kappa shape index (κ2) is 15.4. The standard InChI is InChI=1S/C18H27Cl3OSi/c1-2-3-4-5-6-7-8-9-10-11-12-13-15-18(22)16-14-17-23(19,20)21/h2-4,9-17H2,1H3. The van der Waals surface area contributed by atoms with Gasteiger partial charge in [0, 0.05) is 25.7 Å². The zero-order valence-electron chi connectivity index (χ0n) is 14.0. The molecule has 0 aliphatic rings. The summed E-state index contributed by atoms with van der Waals surface area (Å²) in [5.41, 5.74) is 0. The fraction of sp³-hybridized carbons (Fsp3) is 0.722. The number of Topliss-reactive ketones (excluding diaryl/α,β-unsaturated/α-hetero) is 1. The first kappa shape index (κ1) is 22.9. The van der Waals surface area contributed by atoms with Gasteiger partial charge in [0.1, 0.15) is 5.78 Å². The van der Waals surface area contributed by atoms with Crippen LogP contribution in [0.3, 0.4) is 0 Å². The molecular weight excluding hydrogens is 367 g/mol. The number of carbonyl (C=O) groups is 1. The number of unbranched alkanes of at least 4 members (excludes halogenated alkanes) is 6. The molecule has 23 heavy (non-hydrogen) atoms. The van der Waals surface area contributed by atoms with E-state index in [1.165, 1.54) is 6.42 Å². The molecule has 0 heterocycles. The van der Waals surface area contributed by atoms with E-state index in [-0.39, 0.29) is 5.78 Å². The van der Waals surface area contributed by atoms with E-state index in [0.29, 0.717) is 25.3 Å². The van der Waals surface area contributed by atoms with Crippen LogP contribution in [0.5, 0.6) is 0 Å². The molecule has 0 N–H and O–H groups in total.